The molecule has 0 amide bonds. The summed E-state index contributed by atoms with van der Waals surface area (Å²) in [6.07, 6.45) is 0.570. The maximum atomic E-state index is 9.50. The highest BCUT2D eigenvalue weighted by atomic mass is 79.9. The van der Waals surface area contributed by atoms with Gasteiger partial charge >= 0.3 is 0 Å². The minimum Gasteiger partial charge on any atom is -0.391 e. The fourth-order valence-electron chi connectivity index (χ4n) is 2.02. The molecule has 3 heterocycles. The smallest absolute Gasteiger partial charge is 0.151 e. The molecule has 0 bridgehead atoms. The minimum absolute atomic E-state index is 0.236. The first kappa shape index (κ1) is 12.1. The van der Waals surface area contributed by atoms with Crippen LogP contribution in [0.1, 0.15) is 6.42 Å². The number of β-amino-alcohol motifs (C(OH)–C–C–N with tert-alkyl or cyclic N) is 1. The summed E-state index contributed by atoms with van der Waals surface area (Å²) in [6.45, 7) is 1.50. The molecule has 3 rings (SSSR count). The molecule has 1 aliphatic rings. The summed E-state index contributed by atoms with van der Waals surface area (Å²) in [7, 11) is 0. The molecule has 0 spiro atoms. The third-order valence-corrected chi connectivity index (χ3v) is 4.67. The van der Waals surface area contributed by atoms with E-state index in [1.807, 2.05) is 23.6 Å². The third kappa shape index (κ3) is 2.41. The average Bonchev–Trinajstić information content (AvgIpc) is 2.98. The highest BCUT2D eigenvalue weighted by molar-refractivity contribution is 9.10. The molecular weight excluding hydrogens is 314 g/mol. The number of aliphatic hydroxyl groups excluding tert-OH is 1. The van der Waals surface area contributed by atoms with Crippen molar-refractivity contribution in [1.82, 2.24) is 10.2 Å². The molecule has 0 aliphatic carbocycles. The van der Waals surface area contributed by atoms with Gasteiger partial charge in [-0.25, -0.2) is 0 Å². The Morgan fingerprint density at radius 1 is 1.39 bits per heavy atom. The van der Waals surface area contributed by atoms with Crippen LogP contribution in [0.2, 0.25) is 0 Å². The van der Waals surface area contributed by atoms with E-state index in [4.69, 9.17) is 0 Å². The Balaban J connectivity index is 1.81. The highest BCUT2D eigenvalue weighted by Crippen LogP contribution is 2.29. The zero-order valence-corrected chi connectivity index (χ0v) is 12.0. The fourth-order valence-corrected chi connectivity index (χ4v) is 3.42. The van der Waals surface area contributed by atoms with E-state index in [-0.39, 0.29) is 6.10 Å². The first-order valence-electron chi connectivity index (χ1n) is 5.73. The number of anilines is 1. The van der Waals surface area contributed by atoms with Crippen LogP contribution in [0.5, 0.6) is 0 Å². The Hall–Kier alpha value is -0.980. The SMILES string of the molecule is OC1CCN(c2ccc(-c3cc(Br)cs3)nn2)C1. The third-order valence-electron chi connectivity index (χ3n) is 2.96. The Morgan fingerprint density at radius 2 is 2.28 bits per heavy atom. The van der Waals surface area contributed by atoms with Crippen LogP contribution in [0.25, 0.3) is 10.6 Å². The quantitative estimate of drug-likeness (QED) is 0.921. The van der Waals surface area contributed by atoms with Gasteiger partial charge in [0.25, 0.3) is 0 Å². The van der Waals surface area contributed by atoms with Gasteiger partial charge in [-0.15, -0.1) is 21.5 Å². The van der Waals surface area contributed by atoms with Gasteiger partial charge in [0.2, 0.25) is 0 Å². The van der Waals surface area contributed by atoms with Crippen LogP contribution < -0.4 is 4.90 Å². The molecule has 0 radical (unpaired) electrons. The first-order chi connectivity index (χ1) is 8.72. The molecule has 94 valence electrons. The van der Waals surface area contributed by atoms with Crippen LogP contribution in [0, 0.1) is 0 Å². The maximum absolute atomic E-state index is 9.50. The van der Waals surface area contributed by atoms with Crippen LogP contribution in [0.3, 0.4) is 0 Å². The highest BCUT2D eigenvalue weighted by Gasteiger charge is 2.21. The van der Waals surface area contributed by atoms with Gasteiger partial charge in [0.05, 0.1) is 11.0 Å². The lowest BCUT2D eigenvalue weighted by Gasteiger charge is -2.15. The lowest BCUT2D eigenvalue weighted by Crippen LogP contribution is -2.22. The molecule has 18 heavy (non-hydrogen) atoms. The zero-order valence-electron chi connectivity index (χ0n) is 9.58. The molecule has 1 unspecified atom stereocenters. The van der Waals surface area contributed by atoms with Crippen LogP contribution in [-0.4, -0.2) is 34.5 Å². The minimum atomic E-state index is -0.236. The summed E-state index contributed by atoms with van der Waals surface area (Å²) in [4.78, 5) is 3.16. The predicted octanol–water partition coefficient (Wildman–Crippen LogP) is 2.54. The molecule has 2 aromatic rings. The van der Waals surface area contributed by atoms with E-state index in [0.717, 1.165) is 33.8 Å². The number of aliphatic hydroxyl groups is 1. The Bertz CT molecular complexity index is 543. The largest absolute Gasteiger partial charge is 0.391 e. The average molecular weight is 326 g/mol. The second-order valence-electron chi connectivity index (χ2n) is 4.29. The second-order valence-corrected chi connectivity index (χ2v) is 6.12. The molecule has 1 saturated heterocycles. The van der Waals surface area contributed by atoms with E-state index < -0.39 is 0 Å². The van der Waals surface area contributed by atoms with Crippen LogP contribution in [0.15, 0.2) is 28.1 Å². The van der Waals surface area contributed by atoms with Crippen LogP contribution in [0.4, 0.5) is 5.82 Å². The summed E-state index contributed by atoms with van der Waals surface area (Å²) in [5.74, 6) is 0.839. The van der Waals surface area contributed by atoms with Crippen molar-refractivity contribution in [3.05, 3.63) is 28.1 Å². The van der Waals surface area contributed by atoms with Crippen molar-refractivity contribution in [1.29, 1.82) is 0 Å². The Morgan fingerprint density at radius 3 is 2.83 bits per heavy atom. The molecule has 0 saturated carbocycles. The van der Waals surface area contributed by atoms with Crippen molar-refractivity contribution < 1.29 is 5.11 Å². The summed E-state index contributed by atoms with van der Waals surface area (Å²) in [5, 5.41) is 20.0. The Kier molecular flexibility index (Phi) is 3.32. The van der Waals surface area contributed by atoms with Gasteiger partial charge in [-0.1, -0.05) is 0 Å². The van der Waals surface area contributed by atoms with E-state index in [9.17, 15) is 5.11 Å². The van der Waals surface area contributed by atoms with Gasteiger partial charge in [-0.3, -0.25) is 0 Å². The fraction of sp³-hybridized carbons (Fsp3) is 0.333. The first-order valence-corrected chi connectivity index (χ1v) is 7.41. The van der Waals surface area contributed by atoms with Crippen molar-refractivity contribution >= 4 is 33.1 Å². The summed E-state index contributed by atoms with van der Waals surface area (Å²) in [6, 6.07) is 5.98. The summed E-state index contributed by atoms with van der Waals surface area (Å²) >= 11 is 5.07. The van der Waals surface area contributed by atoms with E-state index in [1.165, 1.54) is 0 Å². The normalized spacial score (nSPS) is 19.4. The Labute approximate surface area is 117 Å². The number of rotatable bonds is 2. The second kappa shape index (κ2) is 4.95. The van der Waals surface area contributed by atoms with Gasteiger partial charge in [0.15, 0.2) is 5.82 Å². The maximum Gasteiger partial charge on any atom is 0.151 e. The van der Waals surface area contributed by atoms with E-state index in [0.29, 0.717) is 6.54 Å². The van der Waals surface area contributed by atoms with Crippen molar-refractivity contribution in [3.8, 4) is 10.6 Å². The van der Waals surface area contributed by atoms with Gasteiger partial charge in [0, 0.05) is 22.9 Å². The van der Waals surface area contributed by atoms with Crippen molar-refractivity contribution in [2.24, 2.45) is 0 Å². The van der Waals surface area contributed by atoms with Gasteiger partial charge in [-0.05, 0) is 40.5 Å². The summed E-state index contributed by atoms with van der Waals surface area (Å²) in [5.41, 5.74) is 0.884. The molecule has 1 fully saturated rings. The molecular formula is C12H12BrN3OS. The number of hydrogen-bond acceptors (Lipinski definition) is 5. The molecule has 2 aromatic heterocycles. The summed E-state index contributed by atoms with van der Waals surface area (Å²) < 4.78 is 1.07. The lowest BCUT2D eigenvalue weighted by atomic mass is 10.3. The van der Waals surface area contributed by atoms with Crippen LogP contribution in [-0.2, 0) is 0 Å². The molecule has 4 nitrogen and oxygen atoms in total. The van der Waals surface area contributed by atoms with Crippen molar-refractivity contribution in [2.75, 3.05) is 18.0 Å². The standard InChI is InChI=1S/C12H12BrN3OS/c13-8-5-11(18-7-8)10-1-2-12(15-14-10)16-4-3-9(17)6-16/h1-2,5,7,9,17H,3-4,6H2. The zero-order chi connectivity index (χ0) is 12.5. The van der Waals surface area contributed by atoms with Gasteiger partial charge < -0.3 is 10.0 Å². The van der Waals surface area contributed by atoms with E-state index >= 15 is 0 Å². The molecule has 1 atom stereocenters. The molecule has 0 aromatic carbocycles. The van der Waals surface area contributed by atoms with Crippen molar-refractivity contribution in [3.63, 3.8) is 0 Å². The monoisotopic (exact) mass is 325 g/mol. The predicted molar refractivity (Wildman–Crippen MR) is 75.9 cm³/mol. The van der Waals surface area contributed by atoms with Gasteiger partial charge in [-0.2, -0.15) is 0 Å². The molecule has 1 N–H and O–H groups in total. The molecule has 6 heteroatoms. The number of thiophene rings is 1. The number of hydrogen-bond donors (Lipinski definition) is 1. The van der Waals surface area contributed by atoms with Crippen LogP contribution >= 0.6 is 27.3 Å². The van der Waals surface area contributed by atoms with E-state index in [1.54, 1.807) is 11.3 Å². The van der Waals surface area contributed by atoms with Crippen molar-refractivity contribution in [2.45, 2.75) is 12.5 Å². The number of halogens is 1. The lowest BCUT2D eigenvalue weighted by molar-refractivity contribution is 0.198. The topological polar surface area (TPSA) is 49.2 Å². The van der Waals surface area contributed by atoms with E-state index in [2.05, 4.69) is 31.0 Å². The molecule has 1 aliphatic heterocycles. The van der Waals surface area contributed by atoms with Gasteiger partial charge in [0.1, 0.15) is 5.69 Å². The number of nitrogens with zero attached hydrogens (tertiary/aromatic N) is 3. The number of aromatic nitrogens is 2.